The van der Waals surface area contributed by atoms with Crippen LogP contribution in [0.15, 0.2) is 59.8 Å². The zero-order valence-electron chi connectivity index (χ0n) is 10.4. The smallest absolute Gasteiger partial charge is 0.262 e. The minimum Gasteiger partial charge on any atom is -0.298 e. The van der Waals surface area contributed by atoms with E-state index in [1.807, 2.05) is 18.2 Å². The summed E-state index contributed by atoms with van der Waals surface area (Å²) < 4.78 is 1.64. The molecular formula is C15H13N3O. The number of benzene rings is 1. The lowest BCUT2D eigenvalue weighted by Crippen LogP contribution is -2.21. The molecule has 2 heterocycles. The Labute approximate surface area is 110 Å². The summed E-state index contributed by atoms with van der Waals surface area (Å²) in [5, 5.41) is 0.568. The van der Waals surface area contributed by atoms with Crippen LogP contribution in [-0.4, -0.2) is 14.5 Å². The van der Waals surface area contributed by atoms with E-state index in [0.29, 0.717) is 17.6 Å². The molecule has 94 valence electrons. The van der Waals surface area contributed by atoms with Gasteiger partial charge in [-0.3, -0.25) is 9.36 Å². The Hall–Kier alpha value is -2.49. The highest BCUT2D eigenvalue weighted by molar-refractivity contribution is 5.72. The molecule has 0 aliphatic carbocycles. The van der Waals surface area contributed by atoms with E-state index >= 15 is 0 Å². The second kappa shape index (κ2) is 5.02. The second-order valence-corrected chi connectivity index (χ2v) is 4.35. The van der Waals surface area contributed by atoms with E-state index in [9.17, 15) is 4.79 Å². The second-order valence-electron chi connectivity index (χ2n) is 4.35. The summed E-state index contributed by atoms with van der Waals surface area (Å²) in [6.45, 7) is 0.626. The van der Waals surface area contributed by atoms with E-state index in [-0.39, 0.29) is 5.56 Å². The highest BCUT2D eigenvalue weighted by atomic mass is 16.1. The Morgan fingerprint density at radius 1 is 1.00 bits per heavy atom. The SMILES string of the molecule is O=c1c2cccnc2ncn1CCc1ccccc1. The van der Waals surface area contributed by atoms with Crippen molar-refractivity contribution < 1.29 is 0 Å². The molecular weight excluding hydrogens is 238 g/mol. The summed E-state index contributed by atoms with van der Waals surface area (Å²) >= 11 is 0. The molecule has 3 rings (SSSR count). The monoisotopic (exact) mass is 251 g/mol. The molecule has 0 saturated heterocycles. The van der Waals surface area contributed by atoms with Crippen LogP contribution < -0.4 is 5.56 Å². The number of hydrogen-bond donors (Lipinski definition) is 0. The normalized spacial score (nSPS) is 10.7. The van der Waals surface area contributed by atoms with E-state index < -0.39 is 0 Å². The molecule has 0 spiro atoms. The maximum Gasteiger partial charge on any atom is 0.262 e. The Morgan fingerprint density at radius 2 is 1.84 bits per heavy atom. The van der Waals surface area contributed by atoms with Crippen LogP contribution in [0.3, 0.4) is 0 Å². The van der Waals surface area contributed by atoms with E-state index in [1.54, 1.807) is 29.2 Å². The van der Waals surface area contributed by atoms with Gasteiger partial charge in [-0.15, -0.1) is 0 Å². The number of rotatable bonds is 3. The fourth-order valence-corrected chi connectivity index (χ4v) is 2.05. The molecule has 0 N–H and O–H groups in total. The van der Waals surface area contributed by atoms with Crippen molar-refractivity contribution in [1.82, 2.24) is 14.5 Å². The zero-order valence-corrected chi connectivity index (χ0v) is 10.4. The third-order valence-electron chi connectivity index (χ3n) is 3.08. The molecule has 0 aliphatic rings. The van der Waals surface area contributed by atoms with Crippen LogP contribution in [0.25, 0.3) is 11.0 Å². The highest BCUT2D eigenvalue weighted by Gasteiger charge is 2.04. The Kier molecular flexibility index (Phi) is 3.06. The molecule has 2 aromatic heterocycles. The van der Waals surface area contributed by atoms with Crippen molar-refractivity contribution >= 4 is 11.0 Å². The molecule has 0 bridgehead atoms. The van der Waals surface area contributed by atoms with Crippen LogP contribution >= 0.6 is 0 Å². The van der Waals surface area contributed by atoms with Gasteiger partial charge in [0.1, 0.15) is 0 Å². The van der Waals surface area contributed by atoms with Gasteiger partial charge in [0.25, 0.3) is 5.56 Å². The molecule has 0 radical (unpaired) electrons. The first-order chi connectivity index (χ1) is 9.34. The Bertz CT molecular complexity index is 750. The number of pyridine rings is 1. The molecule has 3 aromatic rings. The number of nitrogens with zero attached hydrogens (tertiary/aromatic N) is 3. The van der Waals surface area contributed by atoms with Gasteiger partial charge in [0.2, 0.25) is 0 Å². The standard InChI is InChI=1S/C15H13N3O/c19-15-13-7-4-9-16-14(13)17-11-18(15)10-8-12-5-2-1-3-6-12/h1-7,9,11H,8,10H2. The molecule has 0 fully saturated rings. The maximum atomic E-state index is 12.2. The summed E-state index contributed by atoms with van der Waals surface area (Å²) in [6, 6.07) is 13.6. The minimum absolute atomic E-state index is 0.0333. The summed E-state index contributed by atoms with van der Waals surface area (Å²) in [5.41, 5.74) is 1.68. The number of aryl methyl sites for hydroxylation is 2. The van der Waals surface area contributed by atoms with Gasteiger partial charge in [0, 0.05) is 12.7 Å². The molecule has 0 amide bonds. The third kappa shape index (κ3) is 2.38. The summed E-state index contributed by atoms with van der Waals surface area (Å²) in [6.07, 6.45) is 4.03. The quantitative estimate of drug-likeness (QED) is 0.715. The lowest BCUT2D eigenvalue weighted by Gasteiger charge is -2.06. The fraction of sp³-hybridized carbons (Fsp3) is 0.133. The molecule has 0 saturated carbocycles. The molecule has 0 aliphatic heterocycles. The molecule has 1 aromatic carbocycles. The summed E-state index contributed by atoms with van der Waals surface area (Å²) in [4.78, 5) is 20.5. The van der Waals surface area contributed by atoms with Gasteiger partial charge in [-0.2, -0.15) is 0 Å². The zero-order chi connectivity index (χ0) is 13.1. The van der Waals surface area contributed by atoms with Gasteiger partial charge in [-0.1, -0.05) is 30.3 Å². The van der Waals surface area contributed by atoms with Gasteiger partial charge in [-0.25, -0.2) is 9.97 Å². The van der Waals surface area contributed by atoms with E-state index in [4.69, 9.17) is 0 Å². The van der Waals surface area contributed by atoms with Crippen molar-refractivity contribution in [2.75, 3.05) is 0 Å². The van der Waals surface area contributed by atoms with Crippen molar-refractivity contribution in [3.8, 4) is 0 Å². The van der Waals surface area contributed by atoms with E-state index in [0.717, 1.165) is 6.42 Å². The van der Waals surface area contributed by atoms with Crippen LogP contribution in [0.2, 0.25) is 0 Å². The largest absolute Gasteiger partial charge is 0.298 e. The van der Waals surface area contributed by atoms with Gasteiger partial charge in [-0.05, 0) is 24.1 Å². The number of hydrogen-bond acceptors (Lipinski definition) is 3. The Morgan fingerprint density at radius 3 is 2.68 bits per heavy atom. The third-order valence-corrected chi connectivity index (χ3v) is 3.08. The average molecular weight is 251 g/mol. The minimum atomic E-state index is -0.0333. The lowest BCUT2D eigenvalue weighted by molar-refractivity contribution is 0.662. The molecule has 0 atom stereocenters. The van der Waals surface area contributed by atoms with Crippen LogP contribution in [0.1, 0.15) is 5.56 Å². The maximum absolute atomic E-state index is 12.2. The first kappa shape index (κ1) is 11.6. The van der Waals surface area contributed by atoms with E-state index in [1.165, 1.54) is 5.56 Å². The number of aromatic nitrogens is 3. The van der Waals surface area contributed by atoms with Crippen LogP contribution in [0.5, 0.6) is 0 Å². The molecule has 4 heteroatoms. The molecule has 19 heavy (non-hydrogen) atoms. The Balaban J connectivity index is 1.90. The predicted molar refractivity (Wildman–Crippen MR) is 73.9 cm³/mol. The highest BCUT2D eigenvalue weighted by Crippen LogP contribution is 2.03. The van der Waals surface area contributed by atoms with Crippen LogP contribution in [0, 0.1) is 0 Å². The predicted octanol–water partition coefficient (Wildman–Crippen LogP) is 2.03. The van der Waals surface area contributed by atoms with Crippen LogP contribution in [-0.2, 0) is 13.0 Å². The van der Waals surface area contributed by atoms with Crippen molar-refractivity contribution in [2.24, 2.45) is 0 Å². The van der Waals surface area contributed by atoms with Crippen molar-refractivity contribution in [1.29, 1.82) is 0 Å². The van der Waals surface area contributed by atoms with Crippen molar-refractivity contribution in [3.63, 3.8) is 0 Å². The van der Waals surface area contributed by atoms with Gasteiger partial charge in [0.05, 0.1) is 11.7 Å². The first-order valence-electron chi connectivity index (χ1n) is 6.19. The van der Waals surface area contributed by atoms with Crippen molar-refractivity contribution in [3.05, 3.63) is 70.9 Å². The van der Waals surface area contributed by atoms with Gasteiger partial charge in [0.15, 0.2) is 5.65 Å². The van der Waals surface area contributed by atoms with Crippen molar-refractivity contribution in [2.45, 2.75) is 13.0 Å². The van der Waals surface area contributed by atoms with Gasteiger partial charge >= 0.3 is 0 Å². The average Bonchev–Trinajstić information content (AvgIpc) is 2.48. The lowest BCUT2D eigenvalue weighted by atomic mass is 10.1. The fourth-order valence-electron chi connectivity index (χ4n) is 2.05. The molecule has 4 nitrogen and oxygen atoms in total. The number of fused-ring (bicyclic) bond motifs is 1. The summed E-state index contributed by atoms with van der Waals surface area (Å²) in [7, 11) is 0. The van der Waals surface area contributed by atoms with Gasteiger partial charge < -0.3 is 0 Å². The van der Waals surface area contributed by atoms with E-state index in [2.05, 4.69) is 22.1 Å². The molecule has 0 unspecified atom stereocenters. The first-order valence-corrected chi connectivity index (χ1v) is 6.19. The summed E-state index contributed by atoms with van der Waals surface area (Å²) in [5.74, 6) is 0. The van der Waals surface area contributed by atoms with Crippen LogP contribution in [0.4, 0.5) is 0 Å². The topological polar surface area (TPSA) is 47.8 Å².